The Bertz CT molecular complexity index is 1130. The van der Waals surface area contributed by atoms with Crippen LogP contribution in [0.2, 0.25) is 0 Å². The molecule has 7 heteroatoms. The van der Waals surface area contributed by atoms with Gasteiger partial charge in [0, 0.05) is 23.9 Å². The van der Waals surface area contributed by atoms with Crippen LogP contribution in [0.3, 0.4) is 0 Å². The topological polar surface area (TPSA) is 74.1 Å². The summed E-state index contributed by atoms with van der Waals surface area (Å²) in [5, 5.41) is 4.89. The van der Waals surface area contributed by atoms with Gasteiger partial charge in [-0.05, 0) is 62.8 Å². The van der Waals surface area contributed by atoms with Crippen LogP contribution in [0.15, 0.2) is 59.8 Å². The summed E-state index contributed by atoms with van der Waals surface area (Å²) in [6.45, 7) is 2.14. The maximum absolute atomic E-state index is 12.4. The third-order valence-electron chi connectivity index (χ3n) is 6.02. The van der Waals surface area contributed by atoms with E-state index in [9.17, 15) is 8.42 Å². The van der Waals surface area contributed by atoms with E-state index in [1.807, 2.05) is 31.3 Å². The Labute approximate surface area is 177 Å². The maximum atomic E-state index is 12.4. The van der Waals surface area contributed by atoms with E-state index in [1.54, 1.807) is 24.3 Å². The number of hydrogen-bond donors (Lipinski definition) is 0. The zero-order chi connectivity index (χ0) is 20.7. The van der Waals surface area contributed by atoms with Gasteiger partial charge < -0.3 is 0 Å². The van der Waals surface area contributed by atoms with Gasteiger partial charge in [-0.15, -0.1) is 0 Å². The molecule has 0 bridgehead atoms. The second kappa shape index (κ2) is 7.63. The molecule has 2 saturated carbocycles. The zero-order valence-corrected chi connectivity index (χ0v) is 17.8. The molecule has 3 aromatic rings. The van der Waals surface area contributed by atoms with E-state index < -0.39 is 10.1 Å². The summed E-state index contributed by atoms with van der Waals surface area (Å²) in [7, 11) is -3.70. The van der Waals surface area contributed by atoms with Gasteiger partial charge in [0.15, 0.2) is 0 Å². The standard InChI is InChI=1S/C23H25N3O3S/c1-16-5-9-20(10-6-16)30(27,28)29-15-17-12-19(13-17)26-14-21(22-4-2-3-11-24-22)23(25-26)18-7-8-18/h2-6,9-11,14,17-19H,7-8,12-13,15H2,1H3. The number of pyridine rings is 1. The highest BCUT2D eigenvalue weighted by atomic mass is 32.2. The van der Waals surface area contributed by atoms with Crippen LogP contribution in [0.4, 0.5) is 0 Å². The van der Waals surface area contributed by atoms with Crippen LogP contribution in [-0.2, 0) is 14.3 Å². The first kappa shape index (κ1) is 19.5. The molecule has 2 aliphatic carbocycles. The maximum Gasteiger partial charge on any atom is 0.296 e. The van der Waals surface area contributed by atoms with Crippen molar-refractivity contribution >= 4 is 10.1 Å². The van der Waals surface area contributed by atoms with Crippen molar-refractivity contribution in [3.05, 3.63) is 66.1 Å². The van der Waals surface area contributed by atoms with Crippen LogP contribution >= 0.6 is 0 Å². The van der Waals surface area contributed by atoms with Gasteiger partial charge in [0.25, 0.3) is 10.1 Å². The molecule has 0 atom stereocenters. The van der Waals surface area contributed by atoms with Gasteiger partial charge in [-0.1, -0.05) is 23.8 Å². The molecule has 6 nitrogen and oxygen atoms in total. The first-order valence-corrected chi connectivity index (χ1v) is 11.9. The molecule has 30 heavy (non-hydrogen) atoms. The molecular formula is C23H25N3O3S. The summed E-state index contributed by atoms with van der Waals surface area (Å²) in [5.74, 6) is 0.768. The Morgan fingerprint density at radius 3 is 2.53 bits per heavy atom. The highest BCUT2D eigenvalue weighted by Gasteiger charge is 2.36. The number of rotatable bonds is 7. The van der Waals surface area contributed by atoms with Crippen molar-refractivity contribution in [1.29, 1.82) is 0 Å². The van der Waals surface area contributed by atoms with E-state index in [-0.39, 0.29) is 23.5 Å². The largest absolute Gasteiger partial charge is 0.296 e. The Kier molecular flexibility index (Phi) is 4.95. The predicted molar refractivity (Wildman–Crippen MR) is 114 cm³/mol. The van der Waals surface area contributed by atoms with E-state index in [0.29, 0.717) is 5.92 Å². The Balaban J connectivity index is 1.22. The molecule has 2 aliphatic rings. The van der Waals surface area contributed by atoms with Gasteiger partial charge in [-0.2, -0.15) is 13.5 Å². The fourth-order valence-electron chi connectivity index (χ4n) is 3.98. The molecule has 0 radical (unpaired) electrons. The van der Waals surface area contributed by atoms with Gasteiger partial charge in [-0.3, -0.25) is 13.8 Å². The zero-order valence-electron chi connectivity index (χ0n) is 16.9. The lowest BCUT2D eigenvalue weighted by Gasteiger charge is -2.34. The number of benzene rings is 1. The van der Waals surface area contributed by atoms with Gasteiger partial charge in [0.2, 0.25) is 0 Å². The highest BCUT2D eigenvalue weighted by molar-refractivity contribution is 7.86. The van der Waals surface area contributed by atoms with Gasteiger partial charge in [0.05, 0.1) is 28.9 Å². The van der Waals surface area contributed by atoms with Crippen molar-refractivity contribution in [3.8, 4) is 11.3 Å². The summed E-state index contributed by atoms with van der Waals surface area (Å²) in [5.41, 5.74) is 4.26. The molecule has 0 saturated heterocycles. The molecule has 2 aromatic heterocycles. The third-order valence-corrected chi connectivity index (χ3v) is 7.31. The molecule has 0 aliphatic heterocycles. The minimum Gasteiger partial charge on any atom is -0.269 e. The smallest absolute Gasteiger partial charge is 0.269 e. The fourth-order valence-corrected chi connectivity index (χ4v) is 4.96. The number of aryl methyl sites for hydroxylation is 1. The van der Waals surface area contributed by atoms with E-state index in [0.717, 1.165) is 35.4 Å². The first-order valence-electron chi connectivity index (χ1n) is 10.5. The summed E-state index contributed by atoms with van der Waals surface area (Å²) in [6, 6.07) is 13.0. The average molecular weight is 424 g/mol. The first-order chi connectivity index (χ1) is 14.5. The SMILES string of the molecule is Cc1ccc(S(=O)(=O)OCC2CC(n3cc(-c4ccccn4)c(C4CC4)n3)C2)cc1. The minimum atomic E-state index is -3.70. The predicted octanol–water partition coefficient (Wildman–Crippen LogP) is 4.49. The molecular weight excluding hydrogens is 398 g/mol. The van der Waals surface area contributed by atoms with E-state index >= 15 is 0 Å². The lowest BCUT2D eigenvalue weighted by Crippen LogP contribution is -2.31. The number of aromatic nitrogens is 3. The van der Waals surface area contributed by atoms with Crippen molar-refractivity contribution in [1.82, 2.24) is 14.8 Å². The molecule has 2 fully saturated rings. The Morgan fingerprint density at radius 1 is 1.10 bits per heavy atom. The molecule has 0 amide bonds. The number of nitrogens with zero attached hydrogens (tertiary/aromatic N) is 3. The summed E-state index contributed by atoms with van der Waals surface area (Å²) in [4.78, 5) is 4.71. The Hall–Kier alpha value is -2.51. The Morgan fingerprint density at radius 2 is 1.87 bits per heavy atom. The van der Waals surface area contributed by atoms with Crippen molar-refractivity contribution in [3.63, 3.8) is 0 Å². The molecule has 2 heterocycles. The van der Waals surface area contributed by atoms with Crippen molar-refractivity contribution in [2.24, 2.45) is 5.92 Å². The highest BCUT2D eigenvalue weighted by Crippen LogP contribution is 2.45. The van der Waals surface area contributed by atoms with Gasteiger partial charge in [-0.25, -0.2) is 0 Å². The van der Waals surface area contributed by atoms with Crippen LogP contribution < -0.4 is 0 Å². The lowest BCUT2D eigenvalue weighted by atomic mass is 9.81. The third kappa shape index (κ3) is 3.91. The lowest BCUT2D eigenvalue weighted by molar-refractivity contribution is 0.120. The average Bonchev–Trinajstić information content (AvgIpc) is 3.47. The van der Waals surface area contributed by atoms with Crippen LogP contribution in [0.5, 0.6) is 0 Å². The van der Waals surface area contributed by atoms with Gasteiger partial charge >= 0.3 is 0 Å². The molecule has 0 N–H and O–H groups in total. The monoisotopic (exact) mass is 423 g/mol. The van der Waals surface area contributed by atoms with Crippen LogP contribution in [0.1, 0.15) is 48.9 Å². The fraction of sp³-hybridized carbons (Fsp3) is 0.391. The molecule has 0 spiro atoms. The van der Waals surface area contributed by atoms with E-state index in [1.165, 1.54) is 12.8 Å². The summed E-state index contributed by atoms with van der Waals surface area (Å²) < 4.78 is 32.1. The second-order valence-corrected chi connectivity index (χ2v) is 10.1. The summed E-state index contributed by atoms with van der Waals surface area (Å²) in [6.07, 6.45) is 8.05. The quantitative estimate of drug-likeness (QED) is 0.524. The van der Waals surface area contributed by atoms with Crippen molar-refractivity contribution in [2.45, 2.75) is 49.5 Å². The van der Waals surface area contributed by atoms with E-state index in [2.05, 4.69) is 15.9 Å². The van der Waals surface area contributed by atoms with E-state index in [4.69, 9.17) is 9.28 Å². The number of hydrogen-bond acceptors (Lipinski definition) is 5. The molecule has 5 rings (SSSR count). The van der Waals surface area contributed by atoms with Crippen molar-refractivity contribution < 1.29 is 12.6 Å². The van der Waals surface area contributed by atoms with Crippen molar-refractivity contribution in [2.75, 3.05) is 6.61 Å². The second-order valence-electron chi connectivity index (χ2n) is 8.44. The molecule has 1 aromatic carbocycles. The normalized spacial score (nSPS) is 21.4. The molecule has 0 unspecified atom stereocenters. The molecule has 156 valence electrons. The minimum absolute atomic E-state index is 0.213. The van der Waals surface area contributed by atoms with Crippen LogP contribution in [-0.4, -0.2) is 29.8 Å². The van der Waals surface area contributed by atoms with Crippen LogP contribution in [0, 0.1) is 12.8 Å². The summed E-state index contributed by atoms with van der Waals surface area (Å²) >= 11 is 0. The van der Waals surface area contributed by atoms with Crippen LogP contribution in [0.25, 0.3) is 11.3 Å². The van der Waals surface area contributed by atoms with Gasteiger partial charge in [0.1, 0.15) is 0 Å².